The van der Waals surface area contributed by atoms with Crippen LogP contribution in [-0.4, -0.2) is 36.8 Å². The number of hydrogen-bond donors (Lipinski definition) is 2. The molecule has 1 aromatic rings. The fourth-order valence-electron chi connectivity index (χ4n) is 2.82. The molecule has 1 fully saturated rings. The van der Waals surface area contributed by atoms with Crippen molar-refractivity contribution in [3.63, 3.8) is 0 Å². The van der Waals surface area contributed by atoms with Gasteiger partial charge in [-0.2, -0.15) is 0 Å². The summed E-state index contributed by atoms with van der Waals surface area (Å²) < 4.78 is 22.6. The summed E-state index contributed by atoms with van der Waals surface area (Å²) in [4.78, 5) is 17.2. The molecule has 0 spiro atoms. The molecule has 0 atom stereocenters. The number of H-pyrrole nitrogens is 1. The summed E-state index contributed by atoms with van der Waals surface area (Å²) in [6.45, 7) is 4.81. The van der Waals surface area contributed by atoms with E-state index in [1.165, 1.54) is 12.3 Å². The lowest BCUT2D eigenvalue weighted by Gasteiger charge is -2.30. The highest BCUT2D eigenvalue weighted by Gasteiger charge is 2.29. The maximum Gasteiger partial charge on any atom is 0.270 e. The third-order valence-electron chi connectivity index (χ3n) is 3.80. The number of nitrogens with two attached hydrogens (primary N) is 1. The highest BCUT2D eigenvalue weighted by Crippen LogP contribution is 2.26. The molecule has 0 unspecified atom stereocenters. The average Bonchev–Trinajstić information content (AvgIpc) is 3.04. The molecule has 1 aliphatic carbocycles. The minimum absolute atomic E-state index is 0.0539. The Hall–Kier alpha value is -1.34. The smallest absolute Gasteiger partial charge is 0.270 e. The zero-order valence-electron chi connectivity index (χ0n) is 12.5. The molecule has 3 N–H and O–H groups in total. The van der Waals surface area contributed by atoms with E-state index in [0.29, 0.717) is 12.5 Å². The van der Waals surface area contributed by atoms with Gasteiger partial charge in [0.25, 0.3) is 5.91 Å². The summed E-state index contributed by atoms with van der Waals surface area (Å²) in [7, 11) is -3.79. The molecular formula is C14H23N3O3S. The molecule has 1 aromatic heterocycles. The normalized spacial score (nSPS) is 16.6. The predicted molar refractivity (Wildman–Crippen MR) is 80.3 cm³/mol. The first-order valence-electron chi connectivity index (χ1n) is 7.31. The molecule has 1 heterocycles. The van der Waals surface area contributed by atoms with E-state index in [2.05, 4.69) is 18.8 Å². The van der Waals surface area contributed by atoms with Crippen molar-refractivity contribution in [2.24, 2.45) is 11.1 Å². The Balaban J connectivity index is 2.23. The topological polar surface area (TPSA) is 96.3 Å². The van der Waals surface area contributed by atoms with Gasteiger partial charge in [0.15, 0.2) is 0 Å². The van der Waals surface area contributed by atoms with Crippen LogP contribution in [0.4, 0.5) is 0 Å². The molecule has 2 rings (SSSR count). The van der Waals surface area contributed by atoms with Crippen LogP contribution in [0, 0.1) is 5.92 Å². The molecule has 0 bridgehead atoms. The number of carbonyl (C=O) groups excluding carboxylic acids is 1. The van der Waals surface area contributed by atoms with Crippen molar-refractivity contribution in [3.8, 4) is 0 Å². The number of hydrogen-bond acceptors (Lipinski definition) is 3. The SMILES string of the molecule is CC(C)CN(C(=O)c1cc(S(N)(=O)=O)c[nH]1)C1CCCC1. The van der Waals surface area contributed by atoms with Crippen molar-refractivity contribution in [2.75, 3.05) is 6.54 Å². The third-order valence-corrected chi connectivity index (χ3v) is 4.70. The minimum atomic E-state index is -3.79. The second-order valence-corrected chi connectivity index (χ2v) is 7.65. The first-order chi connectivity index (χ1) is 9.79. The summed E-state index contributed by atoms with van der Waals surface area (Å²) in [6.07, 6.45) is 5.58. The van der Waals surface area contributed by atoms with Gasteiger partial charge in [-0.05, 0) is 24.8 Å². The van der Waals surface area contributed by atoms with Crippen LogP contribution >= 0.6 is 0 Å². The van der Waals surface area contributed by atoms with Crippen molar-refractivity contribution >= 4 is 15.9 Å². The number of primary sulfonamides is 1. The lowest BCUT2D eigenvalue weighted by molar-refractivity contribution is 0.0650. The van der Waals surface area contributed by atoms with E-state index >= 15 is 0 Å². The van der Waals surface area contributed by atoms with Crippen LogP contribution in [0.15, 0.2) is 17.2 Å². The summed E-state index contributed by atoms with van der Waals surface area (Å²) >= 11 is 0. The highest BCUT2D eigenvalue weighted by molar-refractivity contribution is 7.89. The van der Waals surface area contributed by atoms with Crippen LogP contribution < -0.4 is 5.14 Å². The molecule has 0 radical (unpaired) electrons. The second kappa shape index (κ2) is 6.19. The predicted octanol–water partition coefficient (Wildman–Crippen LogP) is 1.70. The van der Waals surface area contributed by atoms with Gasteiger partial charge in [-0.3, -0.25) is 4.79 Å². The quantitative estimate of drug-likeness (QED) is 0.866. The molecule has 0 aliphatic heterocycles. The van der Waals surface area contributed by atoms with Crippen molar-refractivity contribution in [2.45, 2.75) is 50.5 Å². The second-order valence-electron chi connectivity index (χ2n) is 6.08. The zero-order chi connectivity index (χ0) is 15.6. The Morgan fingerprint density at radius 2 is 2.05 bits per heavy atom. The fraction of sp³-hybridized carbons (Fsp3) is 0.643. The van der Waals surface area contributed by atoms with Gasteiger partial charge in [0.2, 0.25) is 10.0 Å². The number of carbonyl (C=O) groups is 1. The van der Waals surface area contributed by atoms with Crippen LogP contribution in [0.5, 0.6) is 0 Å². The Labute approximate surface area is 125 Å². The fourth-order valence-corrected chi connectivity index (χ4v) is 3.33. The van der Waals surface area contributed by atoms with Crippen LogP contribution in [0.2, 0.25) is 0 Å². The summed E-state index contributed by atoms with van der Waals surface area (Å²) in [5, 5.41) is 5.08. The third kappa shape index (κ3) is 3.85. The minimum Gasteiger partial charge on any atom is -0.356 e. The van der Waals surface area contributed by atoms with Crippen molar-refractivity contribution < 1.29 is 13.2 Å². The van der Waals surface area contributed by atoms with Gasteiger partial charge in [-0.25, -0.2) is 13.6 Å². The van der Waals surface area contributed by atoms with Crippen LogP contribution in [-0.2, 0) is 10.0 Å². The molecule has 6 nitrogen and oxygen atoms in total. The molecule has 21 heavy (non-hydrogen) atoms. The number of nitrogens with one attached hydrogen (secondary N) is 1. The number of rotatable bonds is 5. The monoisotopic (exact) mass is 313 g/mol. The van der Waals surface area contributed by atoms with E-state index in [9.17, 15) is 13.2 Å². The highest BCUT2D eigenvalue weighted by atomic mass is 32.2. The number of nitrogens with zero attached hydrogens (tertiary/aromatic N) is 1. The maximum absolute atomic E-state index is 12.7. The van der Waals surface area contributed by atoms with Gasteiger partial charge in [0, 0.05) is 18.8 Å². The van der Waals surface area contributed by atoms with Gasteiger partial charge in [-0.15, -0.1) is 0 Å². The summed E-state index contributed by atoms with van der Waals surface area (Å²) in [6, 6.07) is 1.57. The van der Waals surface area contributed by atoms with E-state index < -0.39 is 10.0 Å². The number of amides is 1. The summed E-state index contributed by atoms with van der Waals surface area (Å²) in [5.41, 5.74) is 0.284. The van der Waals surface area contributed by atoms with Crippen molar-refractivity contribution in [3.05, 3.63) is 18.0 Å². The van der Waals surface area contributed by atoms with E-state index in [4.69, 9.17) is 5.14 Å². The Kier molecular flexibility index (Phi) is 4.73. The first-order valence-corrected chi connectivity index (χ1v) is 8.86. The van der Waals surface area contributed by atoms with Crippen LogP contribution in [0.25, 0.3) is 0 Å². The van der Waals surface area contributed by atoms with E-state index in [1.54, 1.807) is 0 Å². The summed E-state index contributed by atoms with van der Waals surface area (Å²) in [5.74, 6) is 0.215. The lowest BCUT2D eigenvalue weighted by atomic mass is 10.1. The molecular weight excluding hydrogens is 290 g/mol. The standard InChI is InChI=1S/C14H23N3O3S/c1-10(2)9-17(11-5-3-4-6-11)14(18)13-7-12(8-16-13)21(15,19)20/h7-8,10-11,16H,3-6,9H2,1-2H3,(H2,15,19,20). The number of aromatic amines is 1. The van der Waals surface area contributed by atoms with E-state index in [1.807, 2.05) is 4.90 Å². The van der Waals surface area contributed by atoms with Gasteiger partial charge in [0.1, 0.15) is 5.69 Å². The molecule has 1 saturated carbocycles. The van der Waals surface area contributed by atoms with Gasteiger partial charge < -0.3 is 9.88 Å². The average molecular weight is 313 g/mol. The van der Waals surface area contributed by atoms with Gasteiger partial charge in [0.05, 0.1) is 4.90 Å². The van der Waals surface area contributed by atoms with E-state index in [-0.39, 0.29) is 22.5 Å². The molecule has 0 aromatic carbocycles. The Bertz CT molecular complexity index is 601. The molecule has 1 amide bonds. The molecule has 7 heteroatoms. The van der Waals surface area contributed by atoms with Gasteiger partial charge >= 0.3 is 0 Å². The van der Waals surface area contributed by atoms with Crippen molar-refractivity contribution in [1.82, 2.24) is 9.88 Å². The van der Waals surface area contributed by atoms with Crippen LogP contribution in [0.3, 0.4) is 0 Å². The van der Waals surface area contributed by atoms with Crippen molar-refractivity contribution in [1.29, 1.82) is 0 Å². The number of aromatic nitrogens is 1. The maximum atomic E-state index is 12.7. The number of sulfonamides is 1. The molecule has 1 aliphatic rings. The molecule has 0 saturated heterocycles. The van der Waals surface area contributed by atoms with Gasteiger partial charge in [-0.1, -0.05) is 26.7 Å². The lowest BCUT2D eigenvalue weighted by Crippen LogP contribution is -2.41. The Morgan fingerprint density at radius 3 is 2.52 bits per heavy atom. The molecule has 118 valence electrons. The van der Waals surface area contributed by atoms with Crippen LogP contribution in [0.1, 0.15) is 50.0 Å². The zero-order valence-corrected chi connectivity index (χ0v) is 13.3. The first kappa shape index (κ1) is 16.0. The van der Waals surface area contributed by atoms with E-state index in [0.717, 1.165) is 25.7 Å². The largest absolute Gasteiger partial charge is 0.356 e. The Morgan fingerprint density at radius 1 is 1.43 bits per heavy atom.